The van der Waals surface area contributed by atoms with Crippen LogP contribution in [0.2, 0.25) is 0 Å². The zero-order valence-corrected chi connectivity index (χ0v) is 15.8. The van der Waals surface area contributed by atoms with Crippen LogP contribution in [0.25, 0.3) is 0 Å². The molecule has 2 aromatic rings. The van der Waals surface area contributed by atoms with E-state index in [0.717, 1.165) is 12.1 Å². The average molecular weight is 384 g/mol. The van der Waals surface area contributed by atoms with Gasteiger partial charge in [0.2, 0.25) is 0 Å². The van der Waals surface area contributed by atoms with Crippen LogP contribution in [-0.4, -0.2) is 52.5 Å². The van der Waals surface area contributed by atoms with Crippen LogP contribution < -0.4 is 5.32 Å². The molecule has 7 nitrogen and oxygen atoms in total. The molecule has 1 heterocycles. The maximum Gasteiger partial charge on any atom is 0.290 e. The number of carbonyl (C=O) groups excluding carboxylic acids is 2. The van der Waals surface area contributed by atoms with Crippen LogP contribution in [-0.2, 0) is 4.79 Å². The predicted molar refractivity (Wildman–Crippen MR) is 104 cm³/mol. The number of amides is 2. The molecule has 0 aromatic heterocycles. The molecule has 0 radical (unpaired) electrons. The number of hydrogen-bond acceptors (Lipinski definition) is 5. The number of aromatic hydroxyl groups is 1. The van der Waals surface area contributed by atoms with E-state index in [1.807, 2.05) is 19.1 Å². The van der Waals surface area contributed by atoms with E-state index in [-0.39, 0.29) is 36.0 Å². The van der Waals surface area contributed by atoms with Crippen molar-refractivity contribution in [1.29, 1.82) is 0 Å². The number of benzene rings is 2. The fourth-order valence-corrected chi connectivity index (χ4v) is 3.04. The normalized spacial score (nSPS) is 14.7. The summed E-state index contributed by atoms with van der Waals surface area (Å²) in [7, 11) is 0. The van der Waals surface area contributed by atoms with Gasteiger partial charge in [0.05, 0.1) is 11.1 Å². The fraction of sp³-hybridized carbons (Fsp3) is 0.286. The van der Waals surface area contributed by atoms with Gasteiger partial charge in [-0.1, -0.05) is 31.2 Å². The minimum atomic E-state index is -0.250. The number of rotatable bonds is 6. The highest BCUT2D eigenvalue weighted by molar-refractivity contribution is 6.21. The van der Waals surface area contributed by atoms with Crippen molar-refractivity contribution < 1.29 is 24.6 Å². The molecule has 0 aliphatic carbocycles. The lowest BCUT2D eigenvalue weighted by Crippen LogP contribution is -2.43. The van der Waals surface area contributed by atoms with Crippen LogP contribution in [0.4, 0.5) is 0 Å². The number of carboxylic acid groups (broad SMARTS) is 1. The number of carbonyl (C=O) groups is 3. The van der Waals surface area contributed by atoms with Crippen molar-refractivity contribution in [2.24, 2.45) is 0 Å². The number of hydrogen-bond donors (Lipinski definition) is 3. The third-order valence-corrected chi connectivity index (χ3v) is 4.57. The van der Waals surface area contributed by atoms with Crippen LogP contribution in [0.1, 0.15) is 46.0 Å². The molecule has 0 fully saturated rings. The number of imide groups is 1. The summed E-state index contributed by atoms with van der Waals surface area (Å²) >= 11 is 0. The molecule has 1 aliphatic rings. The van der Waals surface area contributed by atoms with Crippen LogP contribution in [0.15, 0.2) is 48.5 Å². The van der Waals surface area contributed by atoms with E-state index in [1.165, 1.54) is 4.90 Å². The average Bonchev–Trinajstić information content (AvgIpc) is 2.92. The van der Waals surface area contributed by atoms with Crippen LogP contribution in [0, 0.1) is 0 Å². The minimum absolute atomic E-state index is 0.0122. The summed E-state index contributed by atoms with van der Waals surface area (Å²) < 4.78 is 0. The quantitative estimate of drug-likeness (QED) is 0.522. The van der Waals surface area contributed by atoms with Crippen LogP contribution >= 0.6 is 0 Å². The van der Waals surface area contributed by atoms with Crippen molar-refractivity contribution in [3.8, 4) is 5.75 Å². The molecular weight excluding hydrogens is 360 g/mol. The predicted octanol–water partition coefficient (Wildman–Crippen LogP) is 2.47. The molecule has 0 spiro atoms. The van der Waals surface area contributed by atoms with Gasteiger partial charge in [0.25, 0.3) is 18.3 Å². The van der Waals surface area contributed by atoms with Gasteiger partial charge in [0.15, 0.2) is 0 Å². The summed E-state index contributed by atoms with van der Waals surface area (Å²) in [6.07, 6.45) is 0. The lowest BCUT2D eigenvalue weighted by Gasteiger charge is -2.22. The molecule has 0 saturated heterocycles. The van der Waals surface area contributed by atoms with Gasteiger partial charge in [-0.15, -0.1) is 0 Å². The maximum atomic E-state index is 12.4. The van der Waals surface area contributed by atoms with Crippen molar-refractivity contribution in [2.75, 3.05) is 13.1 Å². The van der Waals surface area contributed by atoms with Gasteiger partial charge in [-0.3, -0.25) is 19.3 Å². The zero-order chi connectivity index (χ0) is 20.7. The molecule has 148 valence electrons. The Morgan fingerprint density at radius 2 is 1.50 bits per heavy atom. The van der Waals surface area contributed by atoms with E-state index in [2.05, 4.69) is 12.2 Å². The van der Waals surface area contributed by atoms with Crippen molar-refractivity contribution in [1.82, 2.24) is 10.2 Å². The standard InChI is InChI=1S/C20H22N2O3.CH2O2/c1-13(15-7-9-16(23)10-8-15)11-21-14(2)12-22-19(24)17-5-3-4-6-18(17)20(22)25;2-1-3/h3-10,13-14,21,23H,11-12H2,1-2H3;1H,(H,2,3)/t13-,14?;/m1./s1. The Morgan fingerprint density at radius 3 is 2.00 bits per heavy atom. The molecule has 7 heteroatoms. The third kappa shape index (κ3) is 4.95. The number of phenolic OH excluding ortho intramolecular Hbond substituents is 1. The van der Waals surface area contributed by atoms with E-state index in [9.17, 15) is 14.7 Å². The first-order valence-electron chi connectivity index (χ1n) is 8.94. The Kier molecular flexibility index (Phi) is 7.28. The SMILES string of the molecule is CC(CN1C(=O)c2ccccc2C1=O)NC[C@@H](C)c1ccc(O)cc1.O=CO. The summed E-state index contributed by atoms with van der Waals surface area (Å²) in [5.41, 5.74) is 2.09. The minimum Gasteiger partial charge on any atom is -0.508 e. The van der Waals surface area contributed by atoms with Gasteiger partial charge in [-0.05, 0) is 42.7 Å². The molecular formula is C21H24N2O5. The van der Waals surface area contributed by atoms with E-state index < -0.39 is 0 Å². The van der Waals surface area contributed by atoms with Gasteiger partial charge in [0.1, 0.15) is 5.75 Å². The van der Waals surface area contributed by atoms with Crippen molar-refractivity contribution >= 4 is 18.3 Å². The maximum absolute atomic E-state index is 12.4. The van der Waals surface area contributed by atoms with Crippen molar-refractivity contribution in [2.45, 2.75) is 25.8 Å². The third-order valence-electron chi connectivity index (χ3n) is 4.57. The largest absolute Gasteiger partial charge is 0.508 e. The summed E-state index contributed by atoms with van der Waals surface area (Å²) in [5, 5.41) is 19.6. The Morgan fingerprint density at radius 1 is 1.00 bits per heavy atom. The highest BCUT2D eigenvalue weighted by atomic mass is 16.3. The van der Waals surface area contributed by atoms with Crippen molar-refractivity contribution in [3.63, 3.8) is 0 Å². The molecule has 0 bridgehead atoms. The number of nitrogens with one attached hydrogen (secondary N) is 1. The molecule has 3 N–H and O–H groups in total. The molecule has 0 saturated carbocycles. The van der Waals surface area contributed by atoms with E-state index in [4.69, 9.17) is 9.90 Å². The lowest BCUT2D eigenvalue weighted by molar-refractivity contribution is -0.122. The first-order chi connectivity index (χ1) is 13.4. The van der Waals surface area contributed by atoms with Gasteiger partial charge in [-0.2, -0.15) is 0 Å². The highest BCUT2D eigenvalue weighted by Crippen LogP contribution is 2.22. The molecule has 28 heavy (non-hydrogen) atoms. The summed E-state index contributed by atoms with van der Waals surface area (Å²) in [4.78, 5) is 34.4. The Hall–Kier alpha value is -3.19. The summed E-state index contributed by atoms with van der Waals surface area (Å²) in [6, 6.07) is 14.1. The second kappa shape index (κ2) is 9.66. The van der Waals surface area contributed by atoms with Gasteiger partial charge in [0, 0.05) is 19.1 Å². The molecule has 1 unspecified atom stereocenters. The summed E-state index contributed by atoms with van der Waals surface area (Å²) in [5.74, 6) is 0.0646. The van der Waals surface area contributed by atoms with E-state index in [0.29, 0.717) is 17.7 Å². The highest BCUT2D eigenvalue weighted by Gasteiger charge is 2.35. The Labute approximate surface area is 163 Å². The monoisotopic (exact) mass is 384 g/mol. The first kappa shape index (κ1) is 21.1. The van der Waals surface area contributed by atoms with E-state index in [1.54, 1.807) is 36.4 Å². The molecule has 2 atom stereocenters. The first-order valence-corrected chi connectivity index (χ1v) is 8.94. The summed E-state index contributed by atoms with van der Waals surface area (Å²) in [6.45, 7) is 4.87. The van der Waals surface area contributed by atoms with Gasteiger partial charge < -0.3 is 15.5 Å². The number of fused-ring (bicyclic) bond motifs is 1. The molecule has 3 rings (SSSR count). The molecule has 2 aromatic carbocycles. The lowest BCUT2D eigenvalue weighted by atomic mass is 10.0. The van der Waals surface area contributed by atoms with Crippen molar-refractivity contribution in [3.05, 3.63) is 65.2 Å². The second-order valence-electron chi connectivity index (χ2n) is 6.67. The van der Waals surface area contributed by atoms with Gasteiger partial charge in [-0.25, -0.2) is 0 Å². The smallest absolute Gasteiger partial charge is 0.290 e. The Balaban J connectivity index is 0.000000878. The topological polar surface area (TPSA) is 107 Å². The van der Waals surface area contributed by atoms with Crippen LogP contribution in [0.3, 0.4) is 0 Å². The number of nitrogens with zero attached hydrogens (tertiary/aromatic N) is 1. The Bertz CT molecular complexity index is 800. The van der Waals surface area contributed by atoms with Gasteiger partial charge >= 0.3 is 0 Å². The zero-order valence-electron chi connectivity index (χ0n) is 15.8. The molecule has 2 amide bonds. The fourth-order valence-electron chi connectivity index (χ4n) is 3.04. The van der Waals surface area contributed by atoms with E-state index >= 15 is 0 Å². The molecule has 1 aliphatic heterocycles. The number of phenols is 1. The van der Waals surface area contributed by atoms with Crippen LogP contribution in [0.5, 0.6) is 5.75 Å². The second-order valence-corrected chi connectivity index (χ2v) is 6.67.